The summed E-state index contributed by atoms with van der Waals surface area (Å²) in [6.45, 7) is 0.929. The third kappa shape index (κ3) is 6.05. The van der Waals surface area contributed by atoms with Gasteiger partial charge in [0.15, 0.2) is 11.5 Å². The average Bonchev–Trinajstić information content (AvgIpc) is 3.36. The molecule has 0 spiro atoms. The number of benzene rings is 3. The highest BCUT2D eigenvalue weighted by Crippen LogP contribution is 2.35. The normalized spacial score (nSPS) is 10.9. The van der Waals surface area contributed by atoms with Gasteiger partial charge >= 0.3 is 0 Å². The smallest absolute Gasteiger partial charge is 0.163 e. The molecule has 194 valence electrons. The summed E-state index contributed by atoms with van der Waals surface area (Å²) in [6.07, 6.45) is 2.12. The van der Waals surface area contributed by atoms with Crippen molar-refractivity contribution >= 4 is 66.9 Å². The van der Waals surface area contributed by atoms with Crippen molar-refractivity contribution in [1.82, 2.24) is 9.97 Å². The number of methoxy groups -OCH3 is 1. The molecule has 0 fully saturated rings. The van der Waals surface area contributed by atoms with Crippen molar-refractivity contribution < 1.29 is 18.6 Å². The molecular weight excluding hydrogens is 565 g/mol. The molecule has 5 aromatic rings. The molecule has 11 heteroatoms. The number of hydrogen-bond acceptors (Lipinski definition) is 9. The first-order chi connectivity index (χ1) is 18.5. The van der Waals surface area contributed by atoms with Crippen LogP contribution in [-0.2, 0) is 0 Å². The first-order valence-corrected chi connectivity index (χ1v) is 14.5. The van der Waals surface area contributed by atoms with Crippen LogP contribution in [0.1, 0.15) is 6.42 Å². The van der Waals surface area contributed by atoms with Crippen LogP contribution in [0.4, 0.5) is 15.9 Å². The lowest BCUT2D eigenvalue weighted by Crippen LogP contribution is -2.06. The summed E-state index contributed by atoms with van der Waals surface area (Å²) < 4.78 is 31.8. The van der Waals surface area contributed by atoms with Crippen molar-refractivity contribution in [3.8, 4) is 28.4 Å². The maximum absolute atomic E-state index is 13.5. The zero-order valence-corrected chi connectivity index (χ0v) is 23.3. The molecule has 2 aromatic heterocycles. The van der Waals surface area contributed by atoms with E-state index in [4.69, 9.17) is 38.0 Å². The van der Waals surface area contributed by atoms with Crippen molar-refractivity contribution in [2.75, 3.05) is 25.6 Å². The number of rotatable bonds is 10. The Balaban J connectivity index is 1.20. The van der Waals surface area contributed by atoms with Crippen molar-refractivity contribution in [2.24, 2.45) is 0 Å². The van der Waals surface area contributed by atoms with Crippen LogP contribution in [0.3, 0.4) is 0 Å². The molecule has 3 aromatic carbocycles. The Bertz CT molecular complexity index is 1630. The molecule has 0 saturated carbocycles. The number of nitrogens with zero attached hydrogens (tertiary/aromatic N) is 2. The summed E-state index contributed by atoms with van der Waals surface area (Å²) in [5, 5.41) is 5.97. The van der Waals surface area contributed by atoms with E-state index in [2.05, 4.69) is 20.7 Å². The molecule has 5 rings (SSSR count). The molecule has 0 atom stereocenters. The molecular formula is C27H21ClFN3O3S3. The Labute approximate surface area is 236 Å². The van der Waals surface area contributed by atoms with E-state index in [1.807, 2.05) is 24.3 Å². The summed E-state index contributed by atoms with van der Waals surface area (Å²) in [6, 6.07) is 15.9. The highest BCUT2D eigenvalue weighted by atomic mass is 35.5. The van der Waals surface area contributed by atoms with E-state index in [0.717, 1.165) is 26.1 Å². The molecule has 6 nitrogen and oxygen atoms in total. The molecule has 0 amide bonds. The van der Waals surface area contributed by atoms with Crippen molar-refractivity contribution in [3.05, 3.63) is 81.0 Å². The van der Waals surface area contributed by atoms with E-state index in [-0.39, 0.29) is 5.02 Å². The molecule has 0 aliphatic heterocycles. The van der Waals surface area contributed by atoms with Crippen molar-refractivity contribution in [1.29, 1.82) is 0 Å². The van der Waals surface area contributed by atoms with Crippen molar-refractivity contribution in [3.63, 3.8) is 0 Å². The molecule has 38 heavy (non-hydrogen) atoms. The first kappa shape index (κ1) is 26.3. The largest absolute Gasteiger partial charge is 0.493 e. The number of aromatic nitrogens is 2. The van der Waals surface area contributed by atoms with E-state index in [1.54, 1.807) is 46.0 Å². The van der Waals surface area contributed by atoms with Gasteiger partial charge in [0, 0.05) is 34.5 Å². The zero-order valence-electron chi connectivity index (χ0n) is 20.1. The number of halogens is 2. The van der Waals surface area contributed by atoms with E-state index in [9.17, 15) is 4.39 Å². The van der Waals surface area contributed by atoms with Gasteiger partial charge in [0.2, 0.25) is 0 Å². The monoisotopic (exact) mass is 585 g/mol. The Morgan fingerprint density at radius 3 is 2.55 bits per heavy atom. The van der Waals surface area contributed by atoms with Crippen LogP contribution in [-0.4, -0.2) is 30.3 Å². The summed E-state index contributed by atoms with van der Waals surface area (Å²) in [5.74, 6) is 1.94. The van der Waals surface area contributed by atoms with Crippen LogP contribution in [0.5, 0.6) is 17.2 Å². The summed E-state index contributed by atoms with van der Waals surface area (Å²) in [5.41, 5.74) is 3.45. The van der Waals surface area contributed by atoms with Gasteiger partial charge in [-0.1, -0.05) is 56.6 Å². The fourth-order valence-electron chi connectivity index (χ4n) is 3.70. The Morgan fingerprint density at radius 1 is 1.00 bits per heavy atom. The predicted molar refractivity (Wildman–Crippen MR) is 155 cm³/mol. The van der Waals surface area contributed by atoms with Crippen molar-refractivity contribution in [2.45, 2.75) is 6.42 Å². The lowest BCUT2D eigenvalue weighted by Gasteiger charge is -2.14. The van der Waals surface area contributed by atoms with Gasteiger partial charge in [0.1, 0.15) is 27.5 Å². The lowest BCUT2D eigenvalue weighted by atomic mass is 10.1. The topological polar surface area (TPSA) is 65.5 Å². The summed E-state index contributed by atoms with van der Waals surface area (Å²) >= 11 is 11.3. The standard InChI is InChI=1S/C27H21ClFN3O3S3/c1-33-24-12-19-23(30-15-31-26(19)32-17-5-8-22(29)21(28)11-17)13-25(24)35-10-2-9-34-18-6-3-16(4-7-18)20-14-37-38-27(20)36/h3-8,11-15H,2,9-10H2,1H3,(H,30,31,32). The van der Waals surface area contributed by atoms with Crippen LogP contribution < -0.4 is 19.5 Å². The molecule has 0 unspecified atom stereocenters. The van der Waals surface area contributed by atoms with Gasteiger partial charge in [0.05, 0.1) is 30.9 Å². The van der Waals surface area contributed by atoms with E-state index >= 15 is 0 Å². The van der Waals surface area contributed by atoms with Crippen LogP contribution in [0.15, 0.2) is 66.3 Å². The Morgan fingerprint density at radius 2 is 1.82 bits per heavy atom. The maximum atomic E-state index is 13.5. The number of nitrogens with one attached hydrogen (secondary N) is 1. The van der Waals surface area contributed by atoms with Gasteiger partial charge in [0.25, 0.3) is 0 Å². The number of fused-ring (bicyclic) bond motifs is 1. The molecule has 0 aliphatic rings. The van der Waals surface area contributed by atoms with Gasteiger partial charge < -0.3 is 19.5 Å². The highest BCUT2D eigenvalue weighted by Gasteiger charge is 2.13. The van der Waals surface area contributed by atoms with E-state index < -0.39 is 5.82 Å². The Hall–Kier alpha value is -3.31. The van der Waals surface area contributed by atoms with Gasteiger partial charge in [-0.2, -0.15) is 0 Å². The second kappa shape index (κ2) is 12.0. The number of hydrogen-bond donors (Lipinski definition) is 1. The minimum absolute atomic E-state index is 0.0207. The quantitative estimate of drug-likeness (QED) is 0.100. The van der Waals surface area contributed by atoms with Gasteiger partial charge in [-0.15, -0.1) is 0 Å². The van der Waals surface area contributed by atoms with Gasteiger partial charge in [-0.3, -0.25) is 0 Å². The van der Waals surface area contributed by atoms with Crippen LogP contribution in [0.2, 0.25) is 5.02 Å². The van der Waals surface area contributed by atoms with Gasteiger partial charge in [-0.25, -0.2) is 14.4 Å². The maximum Gasteiger partial charge on any atom is 0.163 e. The Kier molecular flexibility index (Phi) is 8.33. The third-order valence-corrected chi connectivity index (χ3v) is 8.55. The summed E-state index contributed by atoms with van der Waals surface area (Å²) in [7, 11) is 4.82. The highest BCUT2D eigenvalue weighted by molar-refractivity contribution is 7.79. The third-order valence-electron chi connectivity index (χ3n) is 5.59. The fraction of sp³-hybridized carbons (Fsp3) is 0.148. The summed E-state index contributed by atoms with van der Waals surface area (Å²) in [4.78, 5) is 8.69. The molecule has 2 heterocycles. The molecule has 1 N–H and O–H groups in total. The molecule has 0 bridgehead atoms. The van der Waals surface area contributed by atoms with Gasteiger partial charge in [-0.05, 0) is 42.0 Å². The van der Waals surface area contributed by atoms with E-state index in [1.165, 1.54) is 18.5 Å². The molecule has 0 radical (unpaired) electrons. The van der Waals surface area contributed by atoms with Crippen LogP contribution in [0, 0.1) is 9.64 Å². The zero-order chi connectivity index (χ0) is 26.5. The first-order valence-electron chi connectivity index (χ1n) is 11.5. The number of ether oxygens (including phenoxy) is 3. The SMILES string of the molecule is COc1cc2c(Nc3ccc(F)c(Cl)c3)ncnc2cc1OCCCOc1ccc(-c2cssc2=S)cc1. The van der Waals surface area contributed by atoms with Crippen LogP contribution in [0.25, 0.3) is 22.0 Å². The number of anilines is 2. The minimum Gasteiger partial charge on any atom is -0.493 e. The average molecular weight is 586 g/mol. The minimum atomic E-state index is -0.489. The second-order valence-electron chi connectivity index (χ2n) is 8.07. The second-order valence-corrected chi connectivity index (χ2v) is 11.2. The van der Waals surface area contributed by atoms with E-state index in [0.29, 0.717) is 48.2 Å². The van der Waals surface area contributed by atoms with Crippen LogP contribution >= 0.6 is 44.5 Å². The lowest BCUT2D eigenvalue weighted by molar-refractivity contribution is 0.240. The predicted octanol–water partition coefficient (Wildman–Crippen LogP) is 8.54. The molecule has 0 saturated heterocycles. The fourth-order valence-corrected chi connectivity index (χ4v) is 6.28. The molecule has 0 aliphatic carbocycles.